The van der Waals surface area contributed by atoms with Crippen LogP contribution in [0.3, 0.4) is 0 Å². The molecule has 6 nitrogen and oxygen atoms in total. The normalized spacial score (nSPS) is 12.9. The zero-order valence-electron chi connectivity index (χ0n) is 15.0. The van der Waals surface area contributed by atoms with Crippen LogP contribution in [0.25, 0.3) is 10.1 Å². The lowest BCUT2D eigenvalue weighted by atomic mass is 10.1. The number of benzene rings is 1. The average Bonchev–Trinajstić information content (AvgIpc) is 3.01. The Hall–Kier alpha value is -1.92. The first kappa shape index (κ1) is 23.7. The van der Waals surface area contributed by atoms with Crippen molar-refractivity contribution in [1.82, 2.24) is 10.3 Å². The number of nitrogens with one attached hydrogen (secondary N) is 1. The van der Waals surface area contributed by atoms with Crippen LogP contribution in [0.15, 0.2) is 41.0 Å². The summed E-state index contributed by atoms with van der Waals surface area (Å²) in [5.41, 5.74) is -5.89. The standard InChI is InChI=1S/C17H11BrF5N2O4PS/c18-12-10-6-8(3-4-11(10)31-14(12)17(22,23)30(27,28)29)15(26)25-7-9-2-1-5-24-13(9)16(19,20)21/h1-6H,7H2,(H,25,26)(H2,27,28,29). The van der Waals surface area contributed by atoms with E-state index in [1.807, 2.05) is 0 Å². The number of rotatable bonds is 5. The van der Waals surface area contributed by atoms with Crippen LogP contribution in [0.4, 0.5) is 22.0 Å². The summed E-state index contributed by atoms with van der Waals surface area (Å²) in [7, 11) is -5.80. The number of aromatic nitrogens is 1. The Labute approximate surface area is 183 Å². The number of halogens is 6. The molecule has 14 heteroatoms. The van der Waals surface area contributed by atoms with Gasteiger partial charge in [-0.3, -0.25) is 14.3 Å². The number of nitrogens with zero attached hydrogens (tertiary/aromatic N) is 1. The molecule has 3 rings (SSSR count). The minimum atomic E-state index is -5.80. The highest BCUT2D eigenvalue weighted by atomic mass is 79.9. The molecule has 0 aliphatic carbocycles. The van der Waals surface area contributed by atoms with Crippen molar-refractivity contribution in [2.75, 3.05) is 0 Å². The minimum Gasteiger partial charge on any atom is -0.348 e. The highest BCUT2D eigenvalue weighted by Crippen LogP contribution is 2.62. The van der Waals surface area contributed by atoms with Crippen LogP contribution in [0.1, 0.15) is 26.5 Å². The minimum absolute atomic E-state index is 0.0468. The highest BCUT2D eigenvalue weighted by molar-refractivity contribution is 9.10. The van der Waals surface area contributed by atoms with Crippen molar-refractivity contribution in [3.05, 3.63) is 62.7 Å². The van der Waals surface area contributed by atoms with Gasteiger partial charge in [-0.25, -0.2) is 0 Å². The summed E-state index contributed by atoms with van der Waals surface area (Å²) < 4.78 is 78.3. The van der Waals surface area contributed by atoms with E-state index in [1.54, 1.807) is 0 Å². The molecule has 0 aliphatic heterocycles. The first-order chi connectivity index (χ1) is 14.2. The molecular formula is C17H11BrF5N2O4PS. The van der Waals surface area contributed by atoms with Crippen molar-refractivity contribution in [2.45, 2.75) is 18.4 Å². The number of amides is 1. The molecule has 0 radical (unpaired) electrons. The predicted octanol–water partition coefficient (Wildman–Crippen LogP) is 5.23. The van der Waals surface area contributed by atoms with E-state index in [9.17, 15) is 31.3 Å². The van der Waals surface area contributed by atoms with Crippen LogP contribution in [0, 0.1) is 0 Å². The van der Waals surface area contributed by atoms with Gasteiger partial charge in [0.05, 0.1) is 0 Å². The van der Waals surface area contributed by atoms with Gasteiger partial charge in [-0.05, 0) is 40.2 Å². The summed E-state index contributed by atoms with van der Waals surface area (Å²) in [6.07, 6.45) is -3.73. The molecule has 0 aliphatic rings. The second-order valence-corrected chi connectivity index (χ2v) is 9.73. The Kier molecular flexibility index (Phi) is 6.29. The van der Waals surface area contributed by atoms with E-state index in [1.165, 1.54) is 24.3 Å². The second-order valence-electron chi connectivity index (χ2n) is 6.23. The van der Waals surface area contributed by atoms with Gasteiger partial charge in [0.15, 0.2) is 0 Å². The van der Waals surface area contributed by atoms with Gasteiger partial charge >= 0.3 is 19.4 Å². The third kappa shape index (κ3) is 4.65. The van der Waals surface area contributed by atoms with E-state index < -0.39 is 42.5 Å². The third-order valence-electron chi connectivity index (χ3n) is 4.13. The maximum Gasteiger partial charge on any atom is 0.433 e. The molecule has 0 unspecified atom stereocenters. The van der Waals surface area contributed by atoms with Gasteiger partial charge in [-0.2, -0.15) is 22.0 Å². The fourth-order valence-electron chi connectivity index (χ4n) is 2.65. The first-order valence-corrected chi connectivity index (χ1v) is 11.4. The van der Waals surface area contributed by atoms with Gasteiger partial charge in [-0.15, -0.1) is 11.3 Å². The fourth-order valence-corrected chi connectivity index (χ4v) is 5.57. The van der Waals surface area contributed by atoms with Crippen molar-refractivity contribution in [2.24, 2.45) is 0 Å². The molecule has 2 heterocycles. The molecule has 0 bridgehead atoms. The molecule has 0 spiro atoms. The van der Waals surface area contributed by atoms with Crippen molar-refractivity contribution in [3.63, 3.8) is 0 Å². The van der Waals surface area contributed by atoms with E-state index in [4.69, 9.17) is 9.79 Å². The van der Waals surface area contributed by atoms with Crippen LogP contribution in [-0.2, 0) is 22.9 Å². The quantitative estimate of drug-likeness (QED) is 0.301. The predicted molar refractivity (Wildman–Crippen MR) is 106 cm³/mol. The summed E-state index contributed by atoms with van der Waals surface area (Å²) in [6, 6.07) is 6.19. The zero-order valence-corrected chi connectivity index (χ0v) is 18.2. The smallest absolute Gasteiger partial charge is 0.348 e. The Morgan fingerprint density at radius 3 is 2.48 bits per heavy atom. The van der Waals surface area contributed by atoms with Crippen molar-refractivity contribution < 1.29 is 41.1 Å². The molecule has 0 fully saturated rings. The lowest BCUT2D eigenvalue weighted by molar-refractivity contribution is -0.141. The van der Waals surface area contributed by atoms with Gasteiger partial charge < -0.3 is 15.1 Å². The Morgan fingerprint density at radius 2 is 1.87 bits per heavy atom. The zero-order chi connectivity index (χ0) is 23.2. The van der Waals surface area contributed by atoms with E-state index in [-0.39, 0.29) is 25.7 Å². The Morgan fingerprint density at radius 1 is 1.19 bits per heavy atom. The molecule has 1 aromatic carbocycles. The molecule has 31 heavy (non-hydrogen) atoms. The molecule has 3 aromatic rings. The van der Waals surface area contributed by atoms with Gasteiger partial charge in [0.2, 0.25) is 0 Å². The number of fused-ring (bicyclic) bond motifs is 1. The maximum absolute atomic E-state index is 14.1. The van der Waals surface area contributed by atoms with Crippen LogP contribution in [0.5, 0.6) is 0 Å². The lowest BCUT2D eigenvalue weighted by Gasteiger charge is -2.16. The number of carbonyl (C=O) groups is 1. The monoisotopic (exact) mass is 544 g/mol. The number of hydrogen-bond donors (Lipinski definition) is 3. The van der Waals surface area contributed by atoms with Crippen LogP contribution >= 0.6 is 34.9 Å². The van der Waals surface area contributed by atoms with Crippen LogP contribution in [0.2, 0.25) is 0 Å². The molecule has 166 valence electrons. The number of alkyl halides is 5. The molecule has 0 saturated carbocycles. The number of pyridine rings is 1. The molecule has 0 atom stereocenters. The number of hydrogen-bond acceptors (Lipinski definition) is 4. The number of carbonyl (C=O) groups excluding carboxylic acids is 1. The highest BCUT2D eigenvalue weighted by Gasteiger charge is 2.53. The molecule has 0 saturated heterocycles. The van der Waals surface area contributed by atoms with Crippen LogP contribution in [-0.4, -0.2) is 20.7 Å². The summed E-state index contributed by atoms with van der Waals surface area (Å²) in [5.74, 6) is -0.778. The van der Waals surface area contributed by atoms with Gasteiger partial charge in [-0.1, -0.05) is 6.07 Å². The molecular weight excluding hydrogens is 534 g/mol. The molecule has 2 aromatic heterocycles. The first-order valence-electron chi connectivity index (χ1n) is 8.18. The van der Waals surface area contributed by atoms with Crippen molar-refractivity contribution in [1.29, 1.82) is 0 Å². The molecule has 1 amide bonds. The van der Waals surface area contributed by atoms with Crippen molar-refractivity contribution >= 4 is 50.9 Å². The maximum atomic E-state index is 14.1. The summed E-state index contributed by atoms with van der Waals surface area (Å²) in [6.45, 7) is -0.480. The Balaban J connectivity index is 1.89. The summed E-state index contributed by atoms with van der Waals surface area (Å²) >= 11 is 3.33. The van der Waals surface area contributed by atoms with E-state index in [0.717, 1.165) is 12.3 Å². The number of thiophene rings is 1. The average molecular weight is 545 g/mol. The summed E-state index contributed by atoms with van der Waals surface area (Å²) in [5, 5.41) is 2.41. The SMILES string of the molecule is O=C(NCc1cccnc1C(F)(F)F)c1ccc2sc(C(F)(F)P(=O)(O)O)c(Br)c2c1. The fraction of sp³-hybridized carbons (Fsp3) is 0.176. The van der Waals surface area contributed by atoms with Crippen molar-refractivity contribution in [3.8, 4) is 0 Å². The van der Waals surface area contributed by atoms with Crippen LogP contribution < -0.4 is 5.32 Å². The summed E-state index contributed by atoms with van der Waals surface area (Å²) in [4.78, 5) is 32.7. The van der Waals surface area contributed by atoms with Gasteiger partial charge in [0.25, 0.3) is 5.91 Å². The largest absolute Gasteiger partial charge is 0.433 e. The third-order valence-corrected chi connectivity index (χ3v) is 7.56. The second kappa shape index (κ2) is 8.21. The van der Waals surface area contributed by atoms with E-state index >= 15 is 0 Å². The lowest BCUT2D eigenvalue weighted by Crippen LogP contribution is -2.25. The topological polar surface area (TPSA) is 99.5 Å². The Bertz CT molecular complexity index is 1210. The van der Waals surface area contributed by atoms with Gasteiger partial charge in [0, 0.05) is 38.4 Å². The van der Waals surface area contributed by atoms with E-state index in [0.29, 0.717) is 11.3 Å². The van der Waals surface area contributed by atoms with Gasteiger partial charge in [0.1, 0.15) is 10.6 Å². The van der Waals surface area contributed by atoms with E-state index in [2.05, 4.69) is 26.2 Å². The molecule has 3 N–H and O–H groups in total.